The maximum Gasteiger partial charge on any atom is 0.239 e. The van der Waals surface area contributed by atoms with Crippen LogP contribution in [0.1, 0.15) is 11.1 Å². The molecule has 0 aliphatic rings. The summed E-state index contributed by atoms with van der Waals surface area (Å²) in [4.78, 5) is 0.0368. The first kappa shape index (κ1) is 16.0. The third-order valence-corrected chi connectivity index (χ3v) is 4.51. The van der Waals surface area contributed by atoms with Gasteiger partial charge >= 0.3 is 0 Å². The van der Waals surface area contributed by atoms with Crippen molar-refractivity contribution < 1.29 is 8.42 Å². The van der Waals surface area contributed by atoms with E-state index in [-0.39, 0.29) is 4.90 Å². The third kappa shape index (κ3) is 3.54. The normalized spacial score (nSPS) is 10.7. The van der Waals surface area contributed by atoms with Gasteiger partial charge in [-0.3, -0.25) is 0 Å². The van der Waals surface area contributed by atoms with Gasteiger partial charge in [-0.25, -0.2) is 13.6 Å². The molecule has 0 saturated carbocycles. The zero-order chi connectivity index (χ0) is 17.0. The number of hydrogen-bond donors (Lipinski definition) is 1. The van der Waals surface area contributed by atoms with Gasteiger partial charge in [-0.05, 0) is 29.3 Å². The first-order valence-electron chi connectivity index (χ1n) is 7.34. The van der Waals surface area contributed by atoms with E-state index in [1.54, 1.807) is 18.2 Å². The lowest BCUT2D eigenvalue weighted by atomic mass is 10.00. The van der Waals surface area contributed by atoms with Gasteiger partial charge in [0, 0.05) is 11.1 Å². The molecule has 4 heteroatoms. The number of primary sulfonamides is 1. The summed E-state index contributed by atoms with van der Waals surface area (Å²) in [7, 11) is -3.80. The fourth-order valence-corrected chi connectivity index (χ4v) is 3.11. The quantitative estimate of drug-likeness (QED) is 0.731. The Balaban J connectivity index is 2.09. The Hall–Kier alpha value is -2.87. The predicted molar refractivity (Wildman–Crippen MR) is 95.7 cm³/mol. The van der Waals surface area contributed by atoms with Gasteiger partial charge in [0.05, 0.1) is 4.90 Å². The minimum atomic E-state index is -3.80. The number of benzene rings is 3. The van der Waals surface area contributed by atoms with Gasteiger partial charge in [-0.2, -0.15) is 0 Å². The number of sulfonamides is 1. The lowest BCUT2D eigenvalue weighted by molar-refractivity contribution is 0.597. The first-order chi connectivity index (χ1) is 11.6. The molecule has 0 spiro atoms. The molecule has 0 saturated heterocycles. The van der Waals surface area contributed by atoms with E-state index in [9.17, 15) is 8.42 Å². The van der Waals surface area contributed by atoms with Gasteiger partial charge in [-0.1, -0.05) is 72.5 Å². The minimum absolute atomic E-state index is 0.0368. The maximum absolute atomic E-state index is 11.7. The summed E-state index contributed by atoms with van der Waals surface area (Å²) in [6, 6.07) is 24.2. The van der Waals surface area contributed by atoms with Crippen molar-refractivity contribution in [1.29, 1.82) is 0 Å². The van der Waals surface area contributed by atoms with Crippen LogP contribution in [0.3, 0.4) is 0 Å². The van der Waals surface area contributed by atoms with E-state index in [0.717, 1.165) is 16.7 Å². The highest BCUT2D eigenvalue weighted by atomic mass is 32.2. The average Bonchev–Trinajstić information content (AvgIpc) is 2.60. The molecule has 0 fully saturated rings. The van der Waals surface area contributed by atoms with E-state index in [1.807, 2.05) is 54.6 Å². The SMILES string of the molecule is NS(=O)(=O)c1ccccc1C#Cc1ccccc1-c1ccccc1. The molecule has 0 heterocycles. The van der Waals surface area contributed by atoms with Gasteiger partial charge in [-0.15, -0.1) is 0 Å². The zero-order valence-corrected chi connectivity index (χ0v) is 13.6. The van der Waals surface area contributed by atoms with Crippen molar-refractivity contribution in [3.63, 3.8) is 0 Å². The van der Waals surface area contributed by atoms with E-state index < -0.39 is 10.0 Å². The number of nitrogens with two attached hydrogens (primary N) is 1. The van der Waals surface area contributed by atoms with Crippen LogP contribution in [0.25, 0.3) is 11.1 Å². The second-order valence-electron chi connectivity index (χ2n) is 5.20. The highest BCUT2D eigenvalue weighted by Crippen LogP contribution is 2.23. The van der Waals surface area contributed by atoms with Gasteiger partial charge in [0.1, 0.15) is 0 Å². The molecule has 0 aliphatic heterocycles. The molecule has 0 radical (unpaired) electrons. The van der Waals surface area contributed by atoms with Crippen LogP contribution in [0.5, 0.6) is 0 Å². The van der Waals surface area contributed by atoms with Crippen molar-refractivity contribution in [2.75, 3.05) is 0 Å². The van der Waals surface area contributed by atoms with Crippen molar-refractivity contribution in [2.45, 2.75) is 4.90 Å². The summed E-state index contributed by atoms with van der Waals surface area (Å²) in [6.07, 6.45) is 0. The van der Waals surface area contributed by atoms with Crippen molar-refractivity contribution in [3.8, 4) is 23.0 Å². The molecule has 3 aromatic carbocycles. The van der Waals surface area contributed by atoms with Crippen LogP contribution in [0.2, 0.25) is 0 Å². The standard InChI is InChI=1S/C20H15NO2S/c21-24(22,23)20-13-7-5-11-18(20)15-14-17-10-4-6-12-19(17)16-8-2-1-3-9-16/h1-13H,(H2,21,22,23). The molecule has 0 bridgehead atoms. The van der Waals surface area contributed by atoms with E-state index in [2.05, 4.69) is 11.8 Å². The number of hydrogen-bond acceptors (Lipinski definition) is 2. The molecule has 0 amide bonds. The van der Waals surface area contributed by atoms with Crippen molar-refractivity contribution in [3.05, 3.63) is 90.0 Å². The van der Waals surface area contributed by atoms with Gasteiger partial charge in [0.2, 0.25) is 10.0 Å². The lowest BCUT2D eigenvalue weighted by Gasteiger charge is -2.04. The summed E-state index contributed by atoms with van der Waals surface area (Å²) >= 11 is 0. The highest BCUT2D eigenvalue weighted by molar-refractivity contribution is 7.89. The Morgan fingerprint density at radius 2 is 1.21 bits per heavy atom. The summed E-state index contributed by atoms with van der Waals surface area (Å²) in [5.74, 6) is 6.01. The van der Waals surface area contributed by atoms with Crippen LogP contribution in [0.4, 0.5) is 0 Å². The molecule has 24 heavy (non-hydrogen) atoms. The van der Waals surface area contributed by atoms with Crippen LogP contribution >= 0.6 is 0 Å². The van der Waals surface area contributed by atoms with E-state index >= 15 is 0 Å². The predicted octanol–water partition coefficient (Wildman–Crippen LogP) is 3.40. The van der Waals surface area contributed by atoms with Crippen LogP contribution in [0, 0.1) is 11.8 Å². The molecular formula is C20H15NO2S. The Bertz CT molecular complexity index is 1030. The Labute approximate surface area is 141 Å². The third-order valence-electron chi connectivity index (χ3n) is 3.54. The van der Waals surface area contributed by atoms with E-state index in [1.165, 1.54) is 6.07 Å². The van der Waals surface area contributed by atoms with Crippen LogP contribution in [-0.2, 0) is 10.0 Å². The molecule has 3 rings (SSSR count). The average molecular weight is 333 g/mol. The minimum Gasteiger partial charge on any atom is -0.225 e. The van der Waals surface area contributed by atoms with Crippen molar-refractivity contribution in [2.24, 2.45) is 5.14 Å². The molecule has 3 nitrogen and oxygen atoms in total. The van der Waals surface area contributed by atoms with Crippen LogP contribution in [0.15, 0.2) is 83.8 Å². The van der Waals surface area contributed by atoms with Crippen molar-refractivity contribution in [1.82, 2.24) is 0 Å². The van der Waals surface area contributed by atoms with E-state index in [0.29, 0.717) is 5.56 Å². The van der Waals surface area contributed by atoms with Crippen LogP contribution < -0.4 is 5.14 Å². The highest BCUT2D eigenvalue weighted by Gasteiger charge is 2.11. The molecule has 0 atom stereocenters. The Kier molecular flexibility index (Phi) is 4.48. The van der Waals surface area contributed by atoms with Gasteiger partial charge < -0.3 is 0 Å². The number of rotatable bonds is 2. The summed E-state index contributed by atoms with van der Waals surface area (Å²) in [5.41, 5.74) is 3.27. The molecule has 0 aromatic heterocycles. The topological polar surface area (TPSA) is 60.2 Å². The second kappa shape index (κ2) is 6.71. The molecule has 3 aromatic rings. The largest absolute Gasteiger partial charge is 0.239 e. The summed E-state index contributed by atoms with van der Waals surface area (Å²) in [5, 5.41) is 5.25. The molecule has 0 unspecified atom stereocenters. The van der Waals surface area contributed by atoms with Gasteiger partial charge in [0.25, 0.3) is 0 Å². The molecular weight excluding hydrogens is 318 g/mol. The Morgan fingerprint density at radius 1 is 0.667 bits per heavy atom. The van der Waals surface area contributed by atoms with Gasteiger partial charge in [0.15, 0.2) is 0 Å². The fraction of sp³-hybridized carbons (Fsp3) is 0. The fourth-order valence-electron chi connectivity index (χ4n) is 2.41. The Morgan fingerprint density at radius 3 is 1.92 bits per heavy atom. The first-order valence-corrected chi connectivity index (χ1v) is 8.88. The lowest BCUT2D eigenvalue weighted by Crippen LogP contribution is -2.13. The maximum atomic E-state index is 11.7. The monoisotopic (exact) mass is 333 g/mol. The summed E-state index contributed by atoms with van der Waals surface area (Å²) < 4.78 is 23.3. The van der Waals surface area contributed by atoms with Crippen LogP contribution in [-0.4, -0.2) is 8.42 Å². The summed E-state index contributed by atoms with van der Waals surface area (Å²) in [6.45, 7) is 0. The zero-order valence-electron chi connectivity index (χ0n) is 12.8. The van der Waals surface area contributed by atoms with E-state index in [4.69, 9.17) is 5.14 Å². The van der Waals surface area contributed by atoms with Crippen molar-refractivity contribution >= 4 is 10.0 Å². The second-order valence-corrected chi connectivity index (χ2v) is 6.73. The smallest absolute Gasteiger partial charge is 0.225 e. The molecule has 118 valence electrons. The molecule has 0 aliphatic carbocycles. The molecule has 2 N–H and O–H groups in total.